The molecule has 0 saturated carbocycles. The van der Waals surface area contributed by atoms with Gasteiger partial charge >= 0.3 is 5.97 Å². The van der Waals surface area contributed by atoms with Crippen LogP contribution >= 0.6 is 0 Å². The van der Waals surface area contributed by atoms with Gasteiger partial charge in [-0.15, -0.1) is 0 Å². The monoisotopic (exact) mass is 294 g/mol. The minimum absolute atomic E-state index is 0.0125. The van der Waals surface area contributed by atoms with E-state index in [1.807, 2.05) is 43.3 Å². The van der Waals surface area contributed by atoms with E-state index in [9.17, 15) is 9.59 Å². The molecule has 0 radical (unpaired) electrons. The largest absolute Gasteiger partial charge is 0.480 e. The molecule has 0 saturated heterocycles. The van der Waals surface area contributed by atoms with Gasteiger partial charge in [0.15, 0.2) is 0 Å². The van der Waals surface area contributed by atoms with Crippen LogP contribution in [0.3, 0.4) is 0 Å². The second-order valence-corrected chi connectivity index (χ2v) is 5.03. The van der Waals surface area contributed by atoms with Gasteiger partial charge in [0.2, 0.25) is 5.91 Å². The molecule has 21 heavy (non-hydrogen) atoms. The van der Waals surface area contributed by atoms with Crippen LogP contribution in [0.2, 0.25) is 0 Å². The van der Waals surface area contributed by atoms with Gasteiger partial charge in [-0.3, -0.25) is 4.79 Å². The van der Waals surface area contributed by atoms with Gasteiger partial charge in [-0.2, -0.15) is 0 Å². The number of amides is 1. The molecule has 0 heterocycles. The molecule has 3 N–H and O–H groups in total. The number of carbonyl (C=O) groups excluding carboxylic acids is 1. The zero-order valence-corrected chi connectivity index (χ0v) is 12.4. The molecule has 1 unspecified atom stereocenters. The van der Waals surface area contributed by atoms with Crippen LogP contribution < -0.4 is 10.2 Å². The number of aliphatic hydroxyl groups excluding tert-OH is 1. The lowest BCUT2D eigenvalue weighted by Gasteiger charge is -2.14. The summed E-state index contributed by atoms with van der Waals surface area (Å²) in [6.45, 7) is -0.275. The number of carboxylic acid groups (broad SMARTS) is 1. The summed E-state index contributed by atoms with van der Waals surface area (Å²) >= 11 is 0. The van der Waals surface area contributed by atoms with E-state index in [-0.39, 0.29) is 25.4 Å². The molecule has 1 rings (SSSR count). The first-order valence-corrected chi connectivity index (χ1v) is 6.83. The average molecular weight is 294 g/mol. The second-order valence-electron chi connectivity index (χ2n) is 5.03. The number of carbonyl (C=O) groups is 2. The van der Waals surface area contributed by atoms with Crippen molar-refractivity contribution in [1.29, 1.82) is 0 Å². The number of aliphatic carboxylic acids is 1. The number of rotatable bonds is 8. The molecule has 0 spiro atoms. The molecule has 116 valence electrons. The van der Waals surface area contributed by atoms with E-state index in [4.69, 9.17) is 10.2 Å². The summed E-state index contributed by atoms with van der Waals surface area (Å²) in [4.78, 5) is 24.6. The molecule has 1 amide bonds. The van der Waals surface area contributed by atoms with Crippen molar-refractivity contribution in [2.24, 2.45) is 0 Å². The van der Waals surface area contributed by atoms with Crippen molar-refractivity contribution in [1.82, 2.24) is 5.32 Å². The van der Waals surface area contributed by atoms with Crippen LogP contribution in [-0.4, -0.2) is 48.8 Å². The summed E-state index contributed by atoms with van der Waals surface area (Å²) in [5, 5.41) is 20.1. The van der Waals surface area contributed by atoms with Crippen LogP contribution in [0.4, 0.5) is 5.69 Å². The zero-order valence-electron chi connectivity index (χ0n) is 12.4. The Morgan fingerprint density at radius 2 is 1.86 bits per heavy atom. The summed E-state index contributed by atoms with van der Waals surface area (Å²) in [7, 11) is 3.91. The van der Waals surface area contributed by atoms with Gasteiger partial charge in [-0.05, 0) is 24.1 Å². The number of aryl methyl sites for hydroxylation is 1. The van der Waals surface area contributed by atoms with Gasteiger partial charge in [0.25, 0.3) is 0 Å². The lowest BCUT2D eigenvalue weighted by atomic mass is 10.1. The van der Waals surface area contributed by atoms with E-state index in [1.165, 1.54) is 0 Å². The molecule has 0 aromatic heterocycles. The van der Waals surface area contributed by atoms with Crippen molar-refractivity contribution >= 4 is 17.6 Å². The molecule has 1 aromatic rings. The molecule has 0 bridgehead atoms. The number of nitrogens with zero attached hydrogens (tertiary/aromatic N) is 1. The molecule has 0 aliphatic carbocycles. The summed E-state index contributed by atoms with van der Waals surface area (Å²) in [5.74, 6) is -1.46. The van der Waals surface area contributed by atoms with Crippen molar-refractivity contribution in [2.75, 3.05) is 25.6 Å². The van der Waals surface area contributed by atoms with Crippen LogP contribution in [-0.2, 0) is 16.0 Å². The molecule has 0 aliphatic rings. The third-order valence-electron chi connectivity index (χ3n) is 3.14. The van der Waals surface area contributed by atoms with Gasteiger partial charge in [0.05, 0.1) is 0 Å². The molecule has 0 aliphatic heterocycles. The molecular weight excluding hydrogens is 272 g/mol. The SMILES string of the molecule is CN(C)c1ccc(CCC(=O)NC(CCO)C(=O)O)cc1. The smallest absolute Gasteiger partial charge is 0.326 e. The lowest BCUT2D eigenvalue weighted by Crippen LogP contribution is -2.41. The Labute approximate surface area is 124 Å². The van der Waals surface area contributed by atoms with Crippen LogP contribution in [0.25, 0.3) is 0 Å². The highest BCUT2D eigenvalue weighted by molar-refractivity contribution is 5.83. The average Bonchev–Trinajstić information content (AvgIpc) is 2.45. The number of aliphatic hydroxyl groups is 1. The quantitative estimate of drug-likeness (QED) is 0.654. The number of anilines is 1. The number of carboxylic acids is 1. The Bertz CT molecular complexity index is 471. The van der Waals surface area contributed by atoms with E-state index in [0.717, 1.165) is 11.3 Å². The highest BCUT2D eigenvalue weighted by Crippen LogP contribution is 2.13. The highest BCUT2D eigenvalue weighted by Gasteiger charge is 2.18. The van der Waals surface area contributed by atoms with Crippen molar-refractivity contribution < 1.29 is 19.8 Å². The third-order valence-corrected chi connectivity index (χ3v) is 3.14. The van der Waals surface area contributed by atoms with Gasteiger partial charge in [-0.25, -0.2) is 4.79 Å². The van der Waals surface area contributed by atoms with Crippen LogP contribution in [0, 0.1) is 0 Å². The first kappa shape index (κ1) is 17.0. The number of hydrogen-bond acceptors (Lipinski definition) is 4. The fourth-order valence-electron chi connectivity index (χ4n) is 1.87. The Morgan fingerprint density at radius 1 is 1.24 bits per heavy atom. The maximum absolute atomic E-state index is 11.7. The number of nitrogens with one attached hydrogen (secondary N) is 1. The van der Waals surface area contributed by atoms with Crippen molar-refractivity contribution in [3.63, 3.8) is 0 Å². The Balaban J connectivity index is 2.46. The lowest BCUT2D eigenvalue weighted by molar-refractivity contribution is -0.142. The predicted molar refractivity (Wildman–Crippen MR) is 80.4 cm³/mol. The minimum Gasteiger partial charge on any atom is -0.480 e. The summed E-state index contributed by atoms with van der Waals surface area (Å²) in [6.07, 6.45) is 0.778. The van der Waals surface area contributed by atoms with E-state index in [2.05, 4.69) is 5.32 Å². The molecule has 6 nitrogen and oxygen atoms in total. The van der Waals surface area contributed by atoms with Crippen LogP contribution in [0.15, 0.2) is 24.3 Å². The summed E-state index contributed by atoms with van der Waals surface area (Å²) in [6, 6.07) is 6.81. The Kier molecular flexibility index (Phi) is 6.68. The molecular formula is C15H22N2O4. The van der Waals surface area contributed by atoms with Crippen LogP contribution in [0.1, 0.15) is 18.4 Å². The van der Waals surface area contributed by atoms with Gasteiger partial charge < -0.3 is 20.4 Å². The van der Waals surface area contributed by atoms with Crippen molar-refractivity contribution in [2.45, 2.75) is 25.3 Å². The molecule has 0 fully saturated rings. The van der Waals surface area contributed by atoms with Gasteiger partial charge in [0, 0.05) is 39.2 Å². The standard InChI is InChI=1S/C15H22N2O4/c1-17(2)12-6-3-11(4-7-12)5-8-14(19)16-13(9-10-18)15(20)21/h3-4,6-7,13,18H,5,8-10H2,1-2H3,(H,16,19)(H,20,21). The first-order valence-electron chi connectivity index (χ1n) is 6.83. The molecule has 1 atom stereocenters. The van der Waals surface area contributed by atoms with Gasteiger partial charge in [0.1, 0.15) is 6.04 Å². The fraction of sp³-hybridized carbons (Fsp3) is 0.467. The maximum atomic E-state index is 11.7. The van der Waals surface area contributed by atoms with E-state index >= 15 is 0 Å². The Hall–Kier alpha value is -2.08. The zero-order chi connectivity index (χ0) is 15.8. The van der Waals surface area contributed by atoms with Crippen molar-refractivity contribution in [3.05, 3.63) is 29.8 Å². The molecule has 1 aromatic carbocycles. The van der Waals surface area contributed by atoms with Crippen molar-refractivity contribution in [3.8, 4) is 0 Å². The predicted octanol–water partition coefficient (Wildman–Crippen LogP) is 0.637. The second kappa shape index (κ2) is 8.26. The highest BCUT2D eigenvalue weighted by atomic mass is 16.4. The van der Waals surface area contributed by atoms with Crippen LogP contribution in [0.5, 0.6) is 0 Å². The van der Waals surface area contributed by atoms with Gasteiger partial charge in [-0.1, -0.05) is 12.1 Å². The fourth-order valence-corrected chi connectivity index (χ4v) is 1.87. The number of hydrogen-bond donors (Lipinski definition) is 3. The van der Waals surface area contributed by atoms with E-state index in [0.29, 0.717) is 6.42 Å². The summed E-state index contributed by atoms with van der Waals surface area (Å²) < 4.78 is 0. The van der Waals surface area contributed by atoms with E-state index < -0.39 is 12.0 Å². The maximum Gasteiger partial charge on any atom is 0.326 e. The third kappa shape index (κ3) is 5.83. The first-order chi connectivity index (χ1) is 9.93. The summed E-state index contributed by atoms with van der Waals surface area (Å²) in [5.41, 5.74) is 2.10. The van der Waals surface area contributed by atoms with E-state index in [1.54, 1.807) is 0 Å². The normalized spacial score (nSPS) is 11.8. The topological polar surface area (TPSA) is 89.9 Å². The number of benzene rings is 1. The Morgan fingerprint density at radius 3 is 2.33 bits per heavy atom. The minimum atomic E-state index is -1.13. The molecule has 6 heteroatoms.